The molecular formula is C29H29FN2O. The molecule has 0 radical (unpaired) electrons. The highest BCUT2D eigenvalue weighted by molar-refractivity contribution is 5.94. The van der Waals surface area contributed by atoms with Crippen LogP contribution in [-0.2, 0) is 0 Å². The number of halogens is 1. The van der Waals surface area contributed by atoms with Crippen molar-refractivity contribution in [3.63, 3.8) is 0 Å². The van der Waals surface area contributed by atoms with Crippen LogP contribution < -0.4 is 5.32 Å². The summed E-state index contributed by atoms with van der Waals surface area (Å²) >= 11 is 0. The first-order valence-corrected chi connectivity index (χ1v) is 11.8. The number of benzene rings is 2. The van der Waals surface area contributed by atoms with Gasteiger partial charge in [0.25, 0.3) is 5.91 Å². The van der Waals surface area contributed by atoms with E-state index in [1.54, 1.807) is 36.4 Å². The van der Waals surface area contributed by atoms with Crippen LogP contribution in [0, 0.1) is 35.9 Å². The fraction of sp³-hybridized carbons (Fsp3) is 0.379. The predicted octanol–water partition coefficient (Wildman–Crippen LogP) is 6.08. The molecule has 2 fully saturated rings. The molecule has 4 heteroatoms. The van der Waals surface area contributed by atoms with Gasteiger partial charge in [0.05, 0.1) is 5.52 Å². The molecule has 0 aliphatic heterocycles. The fourth-order valence-corrected chi connectivity index (χ4v) is 6.14. The molecule has 2 aromatic carbocycles. The number of hydrogen-bond donors (Lipinski definition) is 1. The van der Waals surface area contributed by atoms with Crippen molar-refractivity contribution >= 4 is 16.8 Å². The van der Waals surface area contributed by atoms with Crippen LogP contribution in [0.2, 0.25) is 0 Å². The number of amides is 1. The van der Waals surface area contributed by atoms with Gasteiger partial charge in [-0.15, -0.1) is 6.42 Å². The number of terminal acetylenes is 1. The molecule has 1 unspecified atom stereocenters. The summed E-state index contributed by atoms with van der Waals surface area (Å²) in [5, 5.41) is 4.22. The lowest BCUT2D eigenvalue weighted by Crippen LogP contribution is -2.48. The standard InChI is InChI=1S/C29H29FN2O/c1-4-18-5-7-19(8-6-18)28(33)32-29(2,3)23-15-20-13-22(14-21(20)16-23)25-11-12-31-27-10-9-24(30)17-26(25)27/h1,5-12,17,20-23H,13-16H2,2-3H3,(H,32,33)/t20-,21+,22?,23+. The van der Waals surface area contributed by atoms with Crippen molar-refractivity contribution in [2.75, 3.05) is 0 Å². The second kappa shape index (κ2) is 8.30. The van der Waals surface area contributed by atoms with Gasteiger partial charge in [-0.2, -0.15) is 0 Å². The molecular weight excluding hydrogens is 411 g/mol. The Kier molecular flexibility index (Phi) is 5.44. The van der Waals surface area contributed by atoms with Crippen LogP contribution in [0.1, 0.15) is 66.9 Å². The molecule has 3 nitrogen and oxygen atoms in total. The Hall–Kier alpha value is -3.19. The van der Waals surface area contributed by atoms with Crippen molar-refractivity contribution in [1.29, 1.82) is 0 Å². The van der Waals surface area contributed by atoms with Gasteiger partial charge in [-0.3, -0.25) is 9.78 Å². The largest absolute Gasteiger partial charge is 0.347 e. The number of carbonyl (C=O) groups is 1. The average molecular weight is 441 g/mol. The van der Waals surface area contributed by atoms with Gasteiger partial charge in [-0.25, -0.2) is 4.39 Å². The van der Waals surface area contributed by atoms with Crippen molar-refractivity contribution in [1.82, 2.24) is 10.3 Å². The molecule has 0 spiro atoms. The molecule has 4 atom stereocenters. The van der Waals surface area contributed by atoms with Crippen LogP contribution in [0.15, 0.2) is 54.7 Å². The maximum atomic E-state index is 13.9. The summed E-state index contributed by atoms with van der Waals surface area (Å²) in [6.45, 7) is 4.28. The summed E-state index contributed by atoms with van der Waals surface area (Å²) in [6, 6.07) is 14.1. The van der Waals surface area contributed by atoms with Crippen LogP contribution in [0.25, 0.3) is 10.9 Å². The number of hydrogen-bond acceptors (Lipinski definition) is 2. The second-order valence-electron chi connectivity index (χ2n) is 10.3. The Morgan fingerprint density at radius 2 is 1.76 bits per heavy atom. The van der Waals surface area contributed by atoms with Gasteiger partial charge in [0.1, 0.15) is 5.82 Å². The lowest BCUT2D eigenvalue weighted by Gasteiger charge is -2.34. The Bertz CT molecular complexity index is 1230. The van der Waals surface area contributed by atoms with E-state index in [1.165, 1.54) is 11.6 Å². The van der Waals surface area contributed by atoms with Crippen LogP contribution in [0.3, 0.4) is 0 Å². The molecule has 1 aromatic heterocycles. The minimum atomic E-state index is -0.284. The van der Waals surface area contributed by atoms with Gasteiger partial charge < -0.3 is 5.32 Å². The van der Waals surface area contributed by atoms with Gasteiger partial charge in [0, 0.05) is 28.2 Å². The monoisotopic (exact) mass is 440 g/mol. The van der Waals surface area contributed by atoms with Crippen LogP contribution in [0.4, 0.5) is 4.39 Å². The van der Waals surface area contributed by atoms with Crippen molar-refractivity contribution in [2.45, 2.75) is 51.0 Å². The topological polar surface area (TPSA) is 42.0 Å². The van der Waals surface area contributed by atoms with E-state index in [9.17, 15) is 9.18 Å². The van der Waals surface area contributed by atoms with E-state index < -0.39 is 0 Å². The van der Waals surface area contributed by atoms with Crippen LogP contribution >= 0.6 is 0 Å². The number of pyridine rings is 1. The third kappa shape index (κ3) is 4.13. The molecule has 0 bridgehead atoms. The van der Waals surface area contributed by atoms with Gasteiger partial charge in [0.2, 0.25) is 0 Å². The smallest absolute Gasteiger partial charge is 0.251 e. The van der Waals surface area contributed by atoms with Gasteiger partial charge in [0.15, 0.2) is 0 Å². The third-order valence-electron chi connectivity index (χ3n) is 7.96. The molecule has 168 valence electrons. The van der Waals surface area contributed by atoms with E-state index in [0.717, 1.165) is 42.1 Å². The molecule has 2 aliphatic rings. The number of nitrogens with zero attached hydrogens (tertiary/aromatic N) is 1. The second-order valence-corrected chi connectivity index (χ2v) is 10.3. The number of fused-ring (bicyclic) bond motifs is 2. The summed E-state index contributed by atoms with van der Waals surface area (Å²) in [7, 11) is 0. The lowest BCUT2D eigenvalue weighted by molar-refractivity contribution is 0.0877. The summed E-state index contributed by atoms with van der Waals surface area (Å²) < 4.78 is 13.9. The number of carbonyl (C=O) groups excluding carboxylic acids is 1. The van der Waals surface area contributed by atoms with Crippen LogP contribution in [-0.4, -0.2) is 16.4 Å². The minimum absolute atomic E-state index is 0.0520. The first-order chi connectivity index (χ1) is 15.8. The predicted molar refractivity (Wildman–Crippen MR) is 129 cm³/mol. The SMILES string of the molecule is C#Cc1ccc(C(=O)NC(C)(C)[C@H]2C[C@H]3CC(c4ccnc5ccc(F)cc45)C[C@H]3C2)cc1. The molecule has 1 heterocycles. The Morgan fingerprint density at radius 1 is 1.06 bits per heavy atom. The summed E-state index contributed by atoms with van der Waals surface area (Å²) in [5.41, 5.74) is 3.22. The van der Waals surface area contributed by atoms with E-state index >= 15 is 0 Å². The van der Waals surface area contributed by atoms with Gasteiger partial charge in [-0.05, 0) is 117 Å². The van der Waals surface area contributed by atoms with E-state index in [1.807, 2.05) is 6.20 Å². The van der Waals surface area contributed by atoms with E-state index in [2.05, 4.69) is 36.1 Å². The van der Waals surface area contributed by atoms with Crippen LogP contribution in [0.5, 0.6) is 0 Å². The Balaban J connectivity index is 1.26. The maximum absolute atomic E-state index is 13.9. The zero-order valence-corrected chi connectivity index (χ0v) is 19.1. The molecule has 0 saturated heterocycles. The minimum Gasteiger partial charge on any atom is -0.347 e. The summed E-state index contributed by atoms with van der Waals surface area (Å²) in [5.74, 6) is 4.49. The van der Waals surface area contributed by atoms with E-state index in [0.29, 0.717) is 29.2 Å². The molecule has 3 aromatic rings. The first kappa shape index (κ1) is 21.6. The highest BCUT2D eigenvalue weighted by Crippen LogP contribution is 2.55. The molecule has 5 rings (SSSR count). The van der Waals surface area contributed by atoms with Crippen molar-refractivity contribution in [2.24, 2.45) is 17.8 Å². The fourth-order valence-electron chi connectivity index (χ4n) is 6.14. The quantitative estimate of drug-likeness (QED) is 0.499. The van der Waals surface area contributed by atoms with Crippen molar-refractivity contribution in [3.05, 3.63) is 77.2 Å². The van der Waals surface area contributed by atoms with Crippen molar-refractivity contribution in [3.8, 4) is 12.3 Å². The van der Waals surface area contributed by atoms with Gasteiger partial charge in [-0.1, -0.05) is 5.92 Å². The molecule has 2 aliphatic carbocycles. The molecule has 1 amide bonds. The number of aromatic nitrogens is 1. The molecule has 1 N–H and O–H groups in total. The lowest BCUT2D eigenvalue weighted by atomic mass is 9.82. The maximum Gasteiger partial charge on any atom is 0.251 e. The highest BCUT2D eigenvalue weighted by atomic mass is 19.1. The third-order valence-corrected chi connectivity index (χ3v) is 7.96. The average Bonchev–Trinajstić information content (AvgIpc) is 3.38. The zero-order chi connectivity index (χ0) is 23.2. The summed E-state index contributed by atoms with van der Waals surface area (Å²) in [6.07, 6.45) is 11.7. The Labute approximate surface area is 194 Å². The number of rotatable bonds is 4. The normalized spacial score (nSPS) is 24.4. The zero-order valence-electron chi connectivity index (χ0n) is 19.1. The number of nitrogens with one attached hydrogen (secondary N) is 1. The Morgan fingerprint density at radius 3 is 2.42 bits per heavy atom. The van der Waals surface area contributed by atoms with Gasteiger partial charge >= 0.3 is 0 Å². The molecule has 2 saturated carbocycles. The van der Waals surface area contributed by atoms with Crippen molar-refractivity contribution < 1.29 is 9.18 Å². The van der Waals surface area contributed by atoms with E-state index in [4.69, 9.17) is 6.42 Å². The molecule has 33 heavy (non-hydrogen) atoms. The highest BCUT2D eigenvalue weighted by Gasteiger charge is 2.47. The van der Waals surface area contributed by atoms with E-state index in [-0.39, 0.29) is 17.3 Å². The first-order valence-electron chi connectivity index (χ1n) is 11.8. The summed E-state index contributed by atoms with van der Waals surface area (Å²) in [4.78, 5) is 17.3.